The van der Waals surface area contributed by atoms with Crippen LogP contribution >= 0.6 is 0 Å². The molecule has 1 aromatic carbocycles. The third-order valence-electron chi connectivity index (χ3n) is 2.02. The molecule has 0 heterocycles. The highest BCUT2D eigenvalue weighted by Crippen LogP contribution is 2.26. The molecule has 0 aliphatic carbocycles. The molecule has 0 aliphatic heterocycles. The van der Waals surface area contributed by atoms with E-state index >= 15 is 0 Å². The summed E-state index contributed by atoms with van der Waals surface area (Å²) >= 11 is 0. The van der Waals surface area contributed by atoms with Gasteiger partial charge in [0.15, 0.2) is 0 Å². The molecule has 0 saturated carbocycles. The van der Waals surface area contributed by atoms with E-state index in [9.17, 15) is 9.18 Å². The third-order valence-corrected chi connectivity index (χ3v) is 2.02. The first-order chi connectivity index (χ1) is 7.04. The second-order valence-corrected chi connectivity index (χ2v) is 3.16. The van der Waals surface area contributed by atoms with Gasteiger partial charge in [0.1, 0.15) is 11.6 Å². The van der Waals surface area contributed by atoms with Gasteiger partial charge in [-0.3, -0.25) is 4.79 Å². The van der Waals surface area contributed by atoms with Gasteiger partial charge in [0.2, 0.25) is 5.91 Å². The lowest BCUT2D eigenvalue weighted by Gasteiger charge is -2.14. The SMILES string of the molecule is COc1cc(F)ccc1C(N)CC(N)=O. The van der Waals surface area contributed by atoms with E-state index < -0.39 is 17.8 Å². The number of carbonyl (C=O) groups is 1. The van der Waals surface area contributed by atoms with E-state index in [0.29, 0.717) is 11.3 Å². The predicted octanol–water partition coefficient (Wildman–Crippen LogP) is 0.710. The fourth-order valence-corrected chi connectivity index (χ4v) is 1.32. The molecule has 1 unspecified atom stereocenters. The van der Waals surface area contributed by atoms with Crippen molar-refractivity contribution in [1.82, 2.24) is 0 Å². The lowest BCUT2D eigenvalue weighted by Crippen LogP contribution is -2.21. The minimum atomic E-state index is -0.571. The van der Waals surface area contributed by atoms with E-state index in [0.717, 1.165) is 0 Å². The van der Waals surface area contributed by atoms with Gasteiger partial charge in [0.05, 0.1) is 7.11 Å². The topological polar surface area (TPSA) is 78.3 Å². The van der Waals surface area contributed by atoms with Crippen LogP contribution in [0.15, 0.2) is 18.2 Å². The maximum atomic E-state index is 12.8. The number of hydrogen-bond acceptors (Lipinski definition) is 3. The molecule has 82 valence electrons. The minimum Gasteiger partial charge on any atom is -0.496 e. The number of carbonyl (C=O) groups excluding carboxylic acids is 1. The Kier molecular flexibility index (Phi) is 3.62. The Balaban J connectivity index is 2.97. The summed E-state index contributed by atoms with van der Waals surface area (Å²) in [4.78, 5) is 10.7. The highest BCUT2D eigenvalue weighted by Gasteiger charge is 2.14. The second-order valence-electron chi connectivity index (χ2n) is 3.16. The predicted molar refractivity (Wildman–Crippen MR) is 53.7 cm³/mol. The van der Waals surface area contributed by atoms with Crippen molar-refractivity contribution >= 4 is 5.91 Å². The van der Waals surface area contributed by atoms with Crippen molar-refractivity contribution in [3.05, 3.63) is 29.6 Å². The number of halogens is 1. The van der Waals surface area contributed by atoms with Crippen LogP contribution in [0.25, 0.3) is 0 Å². The monoisotopic (exact) mass is 212 g/mol. The van der Waals surface area contributed by atoms with Crippen molar-refractivity contribution in [2.45, 2.75) is 12.5 Å². The molecule has 0 saturated heterocycles. The van der Waals surface area contributed by atoms with Crippen LogP contribution in [0.2, 0.25) is 0 Å². The first kappa shape index (κ1) is 11.5. The van der Waals surface area contributed by atoms with Gasteiger partial charge in [-0.1, -0.05) is 6.07 Å². The number of ether oxygens (including phenoxy) is 1. The number of benzene rings is 1. The molecule has 0 aliphatic rings. The zero-order valence-electron chi connectivity index (χ0n) is 8.37. The number of rotatable bonds is 4. The molecule has 1 aromatic rings. The smallest absolute Gasteiger partial charge is 0.219 e. The van der Waals surface area contributed by atoms with Gasteiger partial charge in [0, 0.05) is 24.1 Å². The zero-order valence-corrected chi connectivity index (χ0v) is 8.37. The molecule has 4 nitrogen and oxygen atoms in total. The Morgan fingerprint density at radius 3 is 2.80 bits per heavy atom. The van der Waals surface area contributed by atoms with Crippen molar-refractivity contribution in [2.75, 3.05) is 7.11 Å². The van der Waals surface area contributed by atoms with E-state index in [1.54, 1.807) is 0 Å². The van der Waals surface area contributed by atoms with E-state index in [-0.39, 0.29) is 6.42 Å². The standard InChI is InChI=1S/C10H13FN2O2/c1-15-9-4-6(11)2-3-7(9)8(12)5-10(13)14/h2-4,8H,5,12H2,1H3,(H2,13,14). The summed E-state index contributed by atoms with van der Waals surface area (Å²) in [5.74, 6) is -0.598. The summed E-state index contributed by atoms with van der Waals surface area (Å²) in [7, 11) is 1.41. The van der Waals surface area contributed by atoms with E-state index in [2.05, 4.69) is 0 Å². The summed E-state index contributed by atoms with van der Waals surface area (Å²) in [5.41, 5.74) is 11.3. The van der Waals surface area contributed by atoms with Crippen LogP contribution in [-0.2, 0) is 4.79 Å². The van der Waals surface area contributed by atoms with Crippen molar-refractivity contribution in [2.24, 2.45) is 11.5 Å². The Morgan fingerprint density at radius 1 is 1.60 bits per heavy atom. The lowest BCUT2D eigenvalue weighted by molar-refractivity contribution is -0.118. The molecule has 1 atom stereocenters. The Bertz CT molecular complexity index is 368. The summed E-state index contributed by atoms with van der Waals surface area (Å²) in [6.07, 6.45) is 0.00198. The summed E-state index contributed by atoms with van der Waals surface area (Å²) in [6, 6.07) is 3.40. The molecule has 0 aromatic heterocycles. The highest BCUT2D eigenvalue weighted by atomic mass is 19.1. The molecule has 0 radical (unpaired) electrons. The van der Waals surface area contributed by atoms with Crippen LogP contribution in [0.1, 0.15) is 18.0 Å². The van der Waals surface area contributed by atoms with E-state index in [1.807, 2.05) is 0 Å². The second kappa shape index (κ2) is 4.75. The van der Waals surface area contributed by atoms with Gasteiger partial charge < -0.3 is 16.2 Å². The summed E-state index contributed by atoms with van der Waals surface area (Å²) in [6.45, 7) is 0. The molecular formula is C10H13FN2O2. The summed E-state index contributed by atoms with van der Waals surface area (Å²) in [5, 5.41) is 0. The largest absolute Gasteiger partial charge is 0.496 e. The van der Waals surface area contributed by atoms with Gasteiger partial charge in [-0.25, -0.2) is 4.39 Å². The first-order valence-electron chi connectivity index (χ1n) is 4.42. The zero-order chi connectivity index (χ0) is 11.4. The number of methoxy groups -OCH3 is 1. The van der Waals surface area contributed by atoms with Crippen LogP contribution < -0.4 is 16.2 Å². The lowest BCUT2D eigenvalue weighted by atomic mass is 10.0. The van der Waals surface area contributed by atoms with Crippen LogP contribution in [0.3, 0.4) is 0 Å². The molecule has 1 amide bonds. The number of primary amides is 1. The molecular weight excluding hydrogens is 199 g/mol. The molecule has 1 rings (SSSR count). The van der Waals surface area contributed by atoms with Crippen molar-refractivity contribution in [3.8, 4) is 5.75 Å². The van der Waals surface area contributed by atoms with Gasteiger partial charge in [-0.2, -0.15) is 0 Å². The van der Waals surface area contributed by atoms with Crippen molar-refractivity contribution in [3.63, 3.8) is 0 Å². The molecule has 0 bridgehead atoms. The van der Waals surface area contributed by atoms with Gasteiger partial charge in [0.25, 0.3) is 0 Å². The number of hydrogen-bond donors (Lipinski definition) is 2. The Hall–Kier alpha value is -1.62. The van der Waals surface area contributed by atoms with Crippen LogP contribution in [0.5, 0.6) is 5.75 Å². The van der Waals surface area contributed by atoms with Crippen LogP contribution in [0.4, 0.5) is 4.39 Å². The van der Waals surface area contributed by atoms with Crippen molar-refractivity contribution in [1.29, 1.82) is 0 Å². The molecule has 15 heavy (non-hydrogen) atoms. The average molecular weight is 212 g/mol. The quantitative estimate of drug-likeness (QED) is 0.771. The Labute approximate surface area is 87.0 Å². The minimum absolute atomic E-state index is 0.00198. The van der Waals surface area contributed by atoms with Gasteiger partial charge in [-0.05, 0) is 6.07 Å². The van der Waals surface area contributed by atoms with E-state index in [1.165, 1.54) is 25.3 Å². The first-order valence-corrected chi connectivity index (χ1v) is 4.42. The maximum absolute atomic E-state index is 12.8. The third kappa shape index (κ3) is 2.92. The maximum Gasteiger partial charge on any atom is 0.219 e. The average Bonchev–Trinajstić information content (AvgIpc) is 2.16. The van der Waals surface area contributed by atoms with E-state index in [4.69, 9.17) is 16.2 Å². The van der Waals surface area contributed by atoms with Crippen LogP contribution in [0, 0.1) is 5.82 Å². The number of amides is 1. The van der Waals surface area contributed by atoms with Crippen molar-refractivity contribution < 1.29 is 13.9 Å². The molecule has 0 spiro atoms. The fourth-order valence-electron chi connectivity index (χ4n) is 1.32. The summed E-state index contributed by atoms with van der Waals surface area (Å²) < 4.78 is 17.8. The Morgan fingerprint density at radius 2 is 2.27 bits per heavy atom. The number of nitrogens with two attached hydrogens (primary N) is 2. The highest BCUT2D eigenvalue weighted by molar-refractivity contribution is 5.74. The molecule has 5 heteroatoms. The van der Waals surface area contributed by atoms with Gasteiger partial charge in [-0.15, -0.1) is 0 Å². The van der Waals surface area contributed by atoms with Crippen LogP contribution in [-0.4, -0.2) is 13.0 Å². The van der Waals surface area contributed by atoms with Gasteiger partial charge >= 0.3 is 0 Å². The fraction of sp³-hybridized carbons (Fsp3) is 0.300. The normalized spacial score (nSPS) is 12.2. The molecule has 4 N–H and O–H groups in total. The molecule has 0 fully saturated rings.